The van der Waals surface area contributed by atoms with Gasteiger partial charge in [-0.05, 0) is 33.8 Å². The SMILES string of the molecule is CC(C)(C)c1ccccc1.CC(C)(C)c1ccccc1.CCCCCCC(C)(C)C.CCl. The van der Waals surface area contributed by atoms with Crippen molar-refractivity contribution >= 4 is 11.6 Å². The topological polar surface area (TPSA) is 0 Å². The van der Waals surface area contributed by atoms with E-state index in [9.17, 15) is 0 Å². The molecule has 2 aromatic rings. The van der Waals surface area contributed by atoms with Crippen molar-refractivity contribution in [2.45, 2.75) is 112 Å². The normalized spacial score (nSPS) is 11.1. The molecule has 0 nitrogen and oxygen atoms in total. The van der Waals surface area contributed by atoms with Gasteiger partial charge in [0.25, 0.3) is 0 Å². The molecule has 0 atom stereocenters. The molecule has 1 heteroatoms. The molecule has 0 saturated heterocycles. The zero-order chi connectivity index (χ0) is 25.3. The first-order chi connectivity index (χ1) is 14.8. The van der Waals surface area contributed by atoms with Crippen molar-refractivity contribution in [2.24, 2.45) is 5.41 Å². The van der Waals surface area contributed by atoms with Crippen LogP contribution in [-0.2, 0) is 10.8 Å². The van der Waals surface area contributed by atoms with Crippen LogP contribution < -0.4 is 0 Å². The zero-order valence-corrected chi connectivity index (χ0v) is 23.9. The van der Waals surface area contributed by atoms with E-state index in [1.165, 1.54) is 49.6 Å². The monoisotopic (exact) mass is 460 g/mol. The van der Waals surface area contributed by atoms with Gasteiger partial charge < -0.3 is 0 Å². The minimum absolute atomic E-state index is 0.293. The van der Waals surface area contributed by atoms with Crippen LogP contribution in [0.4, 0.5) is 0 Å². The second kappa shape index (κ2) is 17.2. The second-order valence-corrected chi connectivity index (χ2v) is 11.6. The molecular formula is C31H53Cl. The molecule has 0 N–H and O–H groups in total. The number of halogens is 1. The molecule has 0 heterocycles. The predicted octanol–water partition coefficient (Wildman–Crippen LogP) is 10.8. The van der Waals surface area contributed by atoms with Crippen molar-refractivity contribution in [1.29, 1.82) is 0 Å². The number of hydrogen-bond donors (Lipinski definition) is 0. The molecule has 0 bridgehead atoms. The van der Waals surface area contributed by atoms with E-state index in [0.29, 0.717) is 16.2 Å². The first-order valence-electron chi connectivity index (χ1n) is 12.3. The molecule has 0 radical (unpaired) electrons. The molecule has 0 aromatic heterocycles. The summed E-state index contributed by atoms with van der Waals surface area (Å²) in [5.74, 6) is 0. The van der Waals surface area contributed by atoms with Gasteiger partial charge in [-0.25, -0.2) is 0 Å². The summed E-state index contributed by atoms with van der Waals surface area (Å²) in [5.41, 5.74) is 3.93. The third kappa shape index (κ3) is 19.4. The summed E-state index contributed by atoms with van der Waals surface area (Å²) >= 11 is 4.64. The first kappa shape index (κ1) is 32.9. The van der Waals surface area contributed by atoms with E-state index in [1.54, 1.807) is 0 Å². The van der Waals surface area contributed by atoms with Gasteiger partial charge in [0.05, 0.1) is 0 Å². The van der Waals surface area contributed by atoms with E-state index in [4.69, 9.17) is 0 Å². The molecule has 0 spiro atoms. The van der Waals surface area contributed by atoms with E-state index < -0.39 is 0 Å². The van der Waals surface area contributed by atoms with Gasteiger partial charge in [0.2, 0.25) is 0 Å². The van der Waals surface area contributed by atoms with Gasteiger partial charge >= 0.3 is 0 Å². The van der Waals surface area contributed by atoms with Crippen molar-refractivity contribution in [3.05, 3.63) is 71.8 Å². The van der Waals surface area contributed by atoms with E-state index >= 15 is 0 Å². The molecule has 0 amide bonds. The summed E-state index contributed by atoms with van der Waals surface area (Å²) in [6.07, 6.45) is 8.46. The number of hydrogen-bond acceptors (Lipinski definition) is 0. The van der Waals surface area contributed by atoms with E-state index in [1.807, 2.05) is 0 Å². The van der Waals surface area contributed by atoms with Crippen molar-refractivity contribution in [2.75, 3.05) is 6.38 Å². The summed E-state index contributed by atoms with van der Waals surface area (Å²) in [6, 6.07) is 21.1. The van der Waals surface area contributed by atoms with Gasteiger partial charge in [0, 0.05) is 6.38 Å². The fraction of sp³-hybridized carbons (Fsp3) is 0.613. The average Bonchev–Trinajstić information content (AvgIpc) is 2.73. The second-order valence-electron chi connectivity index (χ2n) is 11.6. The highest BCUT2D eigenvalue weighted by molar-refractivity contribution is 6.15. The molecule has 0 aliphatic heterocycles. The molecule has 0 saturated carbocycles. The maximum absolute atomic E-state index is 4.64. The maximum atomic E-state index is 4.64. The molecule has 2 aromatic carbocycles. The van der Waals surface area contributed by atoms with Gasteiger partial charge in [-0.3, -0.25) is 0 Å². The van der Waals surface area contributed by atoms with E-state index in [0.717, 1.165) is 0 Å². The molecule has 0 fully saturated rings. The van der Waals surface area contributed by atoms with Crippen LogP contribution in [0.3, 0.4) is 0 Å². The smallest absolute Gasteiger partial charge is 0.0108 e. The number of alkyl halides is 1. The minimum atomic E-state index is 0.293. The van der Waals surface area contributed by atoms with Crippen molar-refractivity contribution in [3.63, 3.8) is 0 Å². The average molecular weight is 461 g/mol. The standard InChI is InChI=1S/2C10H14.C10H22.CH3Cl/c2*1-10(2,3)9-7-5-4-6-8-9;1-5-6-7-8-9-10(2,3)4;1-2/h2*4-8H,1-3H3;5-9H2,1-4H3;1H3. The number of benzene rings is 2. The quantitative estimate of drug-likeness (QED) is 0.314. The van der Waals surface area contributed by atoms with Gasteiger partial charge in [0.15, 0.2) is 0 Å². The van der Waals surface area contributed by atoms with Crippen LogP contribution in [0.15, 0.2) is 60.7 Å². The van der Waals surface area contributed by atoms with Crippen molar-refractivity contribution < 1.29 is 0 Å². The van der Waals surface area contributed by atoms with Crippen molar-refractivity contribution in [3.8, 4) is 0 Å². The number of rotatable bonds is 4. The molecule has 184 valence electrons. The van der Waals surface area contributed by atoms with Gasteiger partial charge in [-0.15, -0.1) is 11.6 Å². The van der Waals surface area contributed by atoms with E-state index in [2.05, 4.69) is 142 Å². The summed E-state index contributed by atoms with van der Waals surface area (Å²) in [5, 5.41) is 0. The fourth-order valence-corrected chi connectivity index (χ4v) is 2.96. The van der Waals surface area contributed by atoms with Crippen LogP contribution in [0, 0.1) is 5.41 Å². The molecule has 0 aliphatic carbocycles. The summed E-state index contributed by atoms with van der Waals surface area (Å²) in [7, 11) is 0. The lowest BCUT2D eigenvalue weighted by molar-refractivity contribution is 0.358. The summed E-state index contributed by atoms with van der Waals surface area (Å²) < 4.78 is 0. The maximum Gasteiger partial charge on any atom is 0.0108 e. The van der Waals surface area contributed by atoms with Gasteiger partial charge in [-0.2, -0.15) is 0 Å². The molecular weight excluding hydrogens is 408 g/mol. The van der Waals surface area contributed by atoms with Crippen LogP contribution in [-0.4, -0.2) is 6.38 Å². The number of unbranched alkanes of at least 4 members (excludes halogenated alkanes) is 3. The molecule has 0 aliphatic rings. The first-order valence-corrected chi connectivity index (χ1v) is 13.0. The van der Waals surface area contributed by atoms with Crippen molar-refractivity contribution in [1.82, 2.24) is 0 Å². The van der Waals surface area contributed by atoms with Crippen LogP contribution in [0.2, 0.25) is 0 Å². The predicted molar refractivity (Wildman–Crippen MR) is 150 cm³/mol. The van der Waals surface area contributed by atoms with Crippen LogP contribution in [0.25, 0.3) is 0 Å². The van der Waals surface area contributed by atoms with E-state index in [-0.39, 0.29) is 0 Å². The lowest BCUT2D eigenvalue weighted by atomic mass is 9.87. The molecule has 2 rings (SSSR count). The summed E-state index contributed by atoms with van der Waals surface area (Å²) in [6.45, 7) is 22.6. The largest absolute Gasteiger partial charge is 0.130 e. The minimum Gasteiger partial charge on any atom is -0.130 e. The third-order valence-electron chi connectivity index (χ3n) is 5.06. The highest BCUT2D eigenvalue weighted by atomic mass is 35.5. The Morgan fingerprint density at radius 3 is 1.09 bits per heavy atom. The zero-order valence-electron chi connectivity index (χ0n) is 23.2. The Kier molecular flexibility index (Phi) is 17.7. The third-order valence-corrected chi connectivity index (χ3v) is 5.06. The summed E-state index contributed by atoms with van der Waals surface area (Å²) in [4.78, 5) is 0. The molecule has 32 heavy (non-hydrogen) atoms. The lowest BCUT2D eigenvalue weighted by Gasteiger charge is -2.18. The fourth-order valence-electron chi connectivity index (χ4n) is 2.96. The van der Waals surface area contributed by atoms with Crippen LogP contribution >= 0.6 is 11.6 Å². The van der Waals surface area contributed by atoms with Gasteiger partial charge in [-0.1, -0.05) is 156 Å². The Labute approximate surface area is 207 Å². The highest BCUT2D eigenvalue weighted by Crippen LogP contribution is 2.22. The Morgan fingerprint density at radius 1 is 0.531 bits per heavy atom. The van der Waals surface area contributed by atoms with Crippen LogP contribution in [0.5, 0.6) is 0 Å². The molecule has 0 unspecified atom stereocenters. The Balaban J connectivity index is 0. The lowest BCUT2D eigenvalue weighted by Crippen LogP contribution is -2.10. The Bertz CT molecular complexity index is 587. The highest BCUT2D eigenvalue weighted by Gasteiger charge is 2.12. The van der Waals surface area contributed by atoms with Gasteiger partial charge in [0.1, 0.15) is 0 Å². The Morgan fingerprint density at radius 2 is 0.875 bits per heavy atom. The Hall–Kier alpha value is -1.27. The van der Waals surface area contributed by atoms with Crippen LogP contribution in [0.1, 0.15) is 112 Å².